The van der Waals surface area contributed by atoms with Crippen molar-refractivity contribution in [3.05, 3.63) is 18.2 Å². The standard InChI is InChI=1S/C22H28N2O4/c1-13(18-9-14-2-3-15(18)8-14)23-22(26)16-10-21(25)24(12-16)17-4-5-19-20(11-17)28-7-6-27-19/h4-5,11,13-16,18H,2-3,6-10,12H2,1H3,(H,23,26)/t13-,14-,15-,16-,18+/m0/s1. The summed E-state index contributed by atoms with van der Waals surface area (Å²) >= 11 is 0. The average Bonchev–Trinajstić information content (AvgIpc) is 3.43. The van der Waals surface area contributed by atoms with Gasteiger partial charge in [-0.25, -0.2) is 0 Å². The van der Waals surface area contributed by atoms with Crippen molar-refractivity contribution in [3.8, 4) is 11.5 Å². The predicted octanol–water partition coefficient (Wildman–Crippen LogP) is 2.75. The van der Waals surface area contributed by atoms with Gasteiger partial charge in [-0.2, -0.15) is 0 Å². The summed E-state index contributed by atoms with van der Waals surface area (Å²) in [6.07, 6.45) is 5.53. The van der Waals surface area contributed by atoms with Gasteiger partial charge in [0, 0.05) is 30.8 Å². The number of benzene rings is 1. The molecule has 6 heteroatoms. The van der Waals surface area contributed by atoms with Crippen LogP contribution in [0.1, 0.15) is 39.0 Å². The maximum atomic E-state index is 12.8. The Morgan fingerprint density at radius 2 is 2.00 bits per heavy atom. The van der Waals surface area contributed by atoms with Crippen molar-refractivity contribution < 1.29 is 19.1 Å². The molecule has 0 radical (unpaired) electrons. The predicted molar refractivity (Wildman–Crippen MR) is 104 cm³/mol. The second kappa shape index (κ2) is 6.98. The van der Waals surface area contributed by atoms with E-state index in [0.29, 0.717) is 37.2 Å². The Balaban J connectivity index is 1.23. The molecule has 2 saturated carbocycles. The molecular weight excluding hydrogens is 356 g/mol. The van der Waals surface area contributed by atoms with Gasteiger partial charge in [0.2, 0.25) is 11.8 Å². The maximum Gasteiger partial charge on any atom is 0.227 e. The highest BCUT2D eigenvalue weighted by Gasteiger charge is 2.43. The molecule has 150 valence electrons. The summed E-state index contributed by atoms with van der Waals surface area (Å²) in [7, 11) is 0. The zero-order valence-electron chi connectivity index (χ0n) is 16.4. The van der Waals surface area contributed by atoms with Crippen LogP contribution in [0.25, 0.3) is 0 Å². The van der Waals surface area contributed by atoms with Gasteiger partial charge in [0.1, 0.15) is 13.2 Å². The van der Waals surface area contributed by atoms with Crippen molar-refractivity contribution in [2.24, 2.45) is 23.7 Å². The number of ether oxygens (including phenoxy) is 2. The Hall–Kier alpha value is -2.24. The van der Waals surface area contributed by atoms with E-state index in [2.05, 4.69) is 12.2 Å². The lowest BCUT2D eigenvalue weighted by Gasteiger charge is -2.29. The molecule has 2 aliphatic carbocycles. The average molecular weight is 384 g/mol. The van der Waals surface area contributed by atoms with E-state index >= 15 is 0 Å². The Morgan fingerprint density at radius 3 is 2.75 bits per heavy atom. The van der Waals surface area contributed by atoms with Crippen LogP contribution in [0.4, 0.5) is 5.69 Å². The number of nitrogens with one attached hydrogen (secondary N) is 1. The Morgan fingerprint density at radius 1 is 1.18 bits per heavy atom. The molecule has 1 aromatic carbocycles. The van der Waals surface area contributed by atoms with Crippen LogP contribution in [-0.2, 0) is 9.59 Å². The zero-order valence-corrected chi connectivity index (χ0v) is 16.4. The number of carbonyl (C=O) groups is 2. The lowest BCUT2D eigenvalue weighted by Crippen LogP contribution is -2.43. The van der Waals surface area contributed by atoms with Gasteiger partial charge in [-0.15, -0.1) is 0 Å². The van der Waals surface area contributed by atoms with Crippen LogP contribution in [0.2, 0.25) is 0 Å². The van der Waals surface area contributed by atoms with Crippen molar-refractivity contribution in [1.82, 2.24) is 5.32 Å². The molecule has 1 saturated heterocycles. The third-order valence-electron chi connectivity index (χ3n) is 7.14. The molecule has 1 aromatic rings. The molecule has 2 heterocycles. The first-order valence-corrected chi connectivity index (χ1v) is 10.6. The number of anilines is 1. The van der Waals surface area contributed by atoms with Crippen LogP contribution < -0.4 is 19.7 Å². The number of amides is 2. The fourth-order valence-electron chi connectivity index (χ4n) is 5.69. The summed E-state index contributed by atoms with van der Waals surface area (Å²) in [6.45, 7) is 3.61. The molecule has 2 amide bonds. The monoisotopic (exact) mass is 384 g/mol. The van der Waals surface area contributed by atoms with Gasteiger partial charge >= 0.3 is 0 Å². The van der Waals surface area contributed by atoms with E-state index in [1.165, 1.54) is 25.7 Å². The summed E-state index contributed by atoms with van der Waals surface area (Å²) in [4.78, 5) is 27.1. The van der Waals surface area contributed by atoms with Gasteiger partial charge in [0.25, 0.3) is 0 Å². The Labute approximate surface area is 165 Å². The van der Waals surface area contributed by atoms with E-state index in [1.807, 2.05) is 18.2 Å². The van der Waals surface area contributed by atoms with Crippen molar-refractivity contribution in [2.45, 2.75) is 45.1 Å². The summed E-state index contributed by atoms with van der Waals surface area (Å²) in [5.41, 5.74) is 0.769. The van der Waals surface area contributed by atoms with E-state index < -0.39 is 0 Å². The van der Waals surface area contributed by atoms with Crippen molar-refractivity contribution in [2.75, 3.05) is 24.7 Å². The molecule has 0 spiro atoms. The fraction of sp³-hybridized carbons (Fsp3) is 0.636. The molecule has 5 atom stereocenters. The highest BCUT2D eigenvalue weighted by Crippen LogP contribution is 2.49. The van der Waals surface area contributed by atoms with Gasteiger partial charge in [0.05, 0.1) is 5.92 Å². The lowest BCUT2D eigenvalue weighted by atomic mass is 9.84. The van der Waals surface area contributed by atoms with Gasteiger partial charge < -0.3 is 19.7 Å². The number of hydrogen-bond acceptors (Lipinski definition) is 4. The van der Waals surface area contributed by atoms with Crippen LogP contribution in [0, 0.1) is 23.7 Å². The minimum Gasteiger partial charge on any atom is -0.486 e. The van der Waals surface area contributed by atoms with E-state index in [9.17, 15) is 9.59 Å². The van der Waals surface area contributed by atoms with Crippen LogP contribution in [0.5, 0.6) is 11.5 Å². The van der Waals surface area contributed by atoms with Gasteiger partial charge in [0.15, 0.2) is 11.5 Å². The second-order valence-electron chi connectivity index (χ2n) is 8.87. The molecule has 2 bridgehead atoms. The second-order valence-corrected chi connectivity index (χ2v) is 8.87. The van der Waals surface area contributed by atoms with E-state index in [-0.39, 0.29) is 30.2 Å². The number of carbonyl (C=O) groups excluding carboxylic acids is 2. The lowest BCUT2D eigenvalue weighted by molar-refractivity contribution is -0.127. The molecular formula is C22H28N2O4. The number of rotatable bonds is 4. The summed E-state index contributed by atoms with van der Waals surface area (Å²) < 4.78 is 11.2. The molecule has 2 aliphatic heterocycles. The first-order chi connectivity index (χ1) is 13.6. The molecule has 4 aliphatic rings. The summed E-state index contributed by atoms with van der Waals surface area (Å²) in [5, 5.41) is 3.23. The van der Waals surface area contributed by atoms with Crippen LogP contribution >= 0.6 is 0 Å². The molecule has 1 N–H and O–H groups in total. The summed E-state index contributed by atoms with van der Waals surface area (Å²) in [6, 6.07) is 5.73. The van der Waals surface area contributed by atoms with E-state index in [4.69, 9.17) is 9.47 Å². The molecule has 0 aromatic heterocycles. The largest absolute Gasteiger partial charge is 0.486 e. The summed E-state index contributed by atoms with van der Waals surface area (Å²) in [5.74, 6) is 3.33. The van der Waals surface area contributed by atoms with Crippen LogP contribution in [-0.4, -0.2) is 37.6 Å². The third-order valence-corrected chi connectivity index (χ3v) is 7.14. The molecule has 28 heavy (non-hydrogen) atoms. The van der Waals surface area contributed by atoms with Gasteiger partial charge in [-0.05, 0) is 56.1 Å². The van der Waals surface area contributed by atoms with Crippen molar-refractivity contribution in [3.63, 3.8) is 0 Å². The topological polar surface area (TPSA) is 67.9 Å². The highest BCUT2D eigenvalue weighted by molar-refractivity contribution is 6.00. The molecule has 6 nitrogen and oxygen atoms in total. The van der Waals surface area contributed by atoms with Crippen molar-refractivity contribution in [1.29, 1.82) is 0 Å². The van der Waals surface area contributed by atoms with E-state index in [0.717, 1.165) is 17.5 Å². The molecule has 3 fully saturated rings. The smallest absolute Gasteiger partial charge is 0.227 e. The Bertz CT molecular complexity index is 795. The number of hydrogen-bond donors (Lipinski definition) is 1. The quantitative estimate of drug-likeness (QED) is 0.867. The third kappa shape index (κ3) is 3.12. The molecule has 0 unspecified atom stereocenters. The van der Waals surface area contributed by atoms with E-state index in [1.54, 1.807) is 4.90 Å². The zero-order chi connectivity index (χ0) is 19.3. The SMILES string of the molecule is C[C@H](NC(=O)[C@H]1CC(=O)N(c2ccc3c(c2)OCCO3)C1)[C@H]1C[C@H]2CC[C@H]1C2. The highest BCUT2D eigenvalue weighted by atomic mass is 16.6. The first kappa shape index (κ1) is 17.8. The minimum atomic E-state index is -0.290. The molecule has 5 rings (SSSR count). The normalized spacial score (nSPS) is 31.9. The van der Waals surface area contributed by atoms with Crippen molar-refractivity contribution >= 4 is 17.5 Å². The van der Waals surface area contributed by atoms with Crippen LogP contribution in [0.3, 0.4) is 0 Å². The first-order valence-electron chi connectivity index (χ1n) is 10.6. The fourth-order valence-corrected chi connectivity index (χ4v) is 5.69. The van der Waals surface area contributed by atoms with Gasteiger partial charge in [-0.3, -0.25) is 9.59 Å². The maximum absolute atomic E-state index is 12.8. The minimum absolute atomic E-state index is 0.00981. The van der Waals surface area contributed by atoms with Crippen LogP contribution in [0.15, 0.2) is 18.2 Å². The van der Waals surface area contributed by atoms with Gasteiger partial charge in [-0.1, -0.05) is 6.42 Å². The Kier molecular flexibility index (Phi) is 4.44. The number of fused-ring (bicyclic) bond motifs is 3. The number of nitrogens with zero attached hydrogens (tertiary/aromatic N) is 1.